The first kappa shape index (κ1) is 14.6. The number of nitrogens with one attached hydrogen (secondary N) is 1. The van der Waals surface area contributed by atoms with Gasteiger partial charge in [0.15, 0.2) is 0 Å². The van der Waals surface area contributed by atoms with Gasteiger partial charge >= 0.3 is 0 Å². The third-order valence-electron chi connectivity index (χ3n) is 5.12. The van der Waals surface area contributed by atoms with Gasteiger partial charge in [-0.1, -0.05) is 57.2 Å². The van der Waals surface area contributed by atoms with Gasteiger partial charge in [0.25, 0.3) is 0 Å². The highest BCUT2D eigenvalue weighted by Gasteiger charge is 2.50. The summed E-state index contributed by atoms with van der Waals surface area (Å²) in [4.78, 5) is 0. The highest BCUT2D eigenvalue weighted by molar-refractivity contribution is 5.89. The lowest BCUT2D eigenvalue weighted by molar-refractivity contribution is 0.418. The van der Waals surface area contributed by atoms with E-state index in [1.165, 1.54) is 34.7 Å². The SMILES string of the molecule is CCCNC(c1ccc(C)c2ccccc12)C1CC1(C)C. The third kappa shape index (κ3) is 2.72. The van der Waals surface area contributed by atoms with Gasteiger partial charge in [0.2, 0.25) is 0 Å². The molecule has 1 fully saturated rings. The summed E-state index contributed by atoms with van der Waals surface area (Å²) in [6, 6.07) is 14.0. The van der Waals surface area contributed by atoms with Crippen LogP contribution in [0.2, 0.25) is 0 Å². The molecule has 2 aromatic rings. The quantitative estimate of drug-likeness (QED) is 0.790. The monoisotopic (exact) mass is 281 g/mol. The van der Waals surface area contributed by atoms with Gasteiger partial charge in [-0.2, -0.15) is 0 Å². The van der Waals surface area contributed by atoms with E-state index in [0.717, 1.165) is 12.5 Å². The van der Waals surface area contributed by atoms with Crippen LogP contribution < -0.4 is 5.32 Å². The Morgan fingerprint density at radius 2 is 1.81 bits per heavy atom. The summed E-state index contributed by atoms with van der Waals surface area (Å²) < 4.78 is 0. The van der Waals surface area contributed by atoms with Crippen molar-refractivity contribution in [2.75, 3.05) is 6.54 Å². The molecule has 1 heteroatoms. The molecule has 1 nitrogen and oxygen atoms in total. The molecule has 0 amide bonds. The molecule has 1 saturated carbocycles. The Balaban J connectivity index is 2.05. The summed E-state index contributed by atoms with van der Waals surface area (Å²) in [5.41, 5.74) is 3.34. The van der Waals surface area contributed by atoms with E-state index >= 15 is 0 Å². The minimum Gasteiger partial charge on any atom is -0.310 e. The van der Waals surface area contributed by atoms with Gasteiger partial charge in [0, 0.05) is 6.04 Å². The number of hydrogen-bond acceptors (Lipinski definition) is 1. The number of rotatable bonds is 5. The van der Waals surface area contributed by atoms with E-state index in [2.05, 4.69) is 69.4 Å². The van der Waals surface area contributed by atoms with Crippen LogP contribution in [0.1, 0.15) is 50.8 Å². The van der Waals surface area contributed by atoms with Crippen LogP contribution >= 0.6 is 0 Å². The summed E-state index contributed by atoms with van der Waals surface area (Å²) in [7, 11) is 0. The van der Waals surface area contributed by atoms with Gasteiger partial charge in [0.05, 0.1) is 0 Å². The zero-order chi connectivity index (χ0) is 15.0. The Labute approximate surface area is 128 Å². The van der Waals surface area contributed by atoms with Crippen LogP contribution in [0, 0.1) is 18.3 Å². The van der Waals surface area contributed by atoms with Crippen molar-refractivity contribution < 1.29 is 0 Å². The largest absolute Gasteiger partial charge is 0.310 e. The molecule has 21 heavy (non-hydrogen) atoms. The van der Waals surface area contributed by atoms with Gasteiger partial charge in [0.1, 0.15) is 0 Å². The standard InChI is InChI=1S/C20H27N/c1-5-12-21-19(18-13-20(18,3)4)17-11-10-14(2)15-8-6-7-9-16(15)17/h6-11,18-19,21H,5,12-13H2,1-4H3. The molecule has 2 aromatic carbocycles. The van der Waals surface area contributed by atoms with Crippen molar-refractivity contribution in [2.24, 2.45) is 11.3 Å². The number of aryl methyl sites for hydroxylation is 1. The molecule has 0 aliphatic heterocycles. The zero-order valence-electron chi connectivity index (χ0n) is 13.7. The smallest absolute Gasteiger partial charge is 0.0360 e. The number of benzene rings is 2. The molecule has 0 spiro atoms. The van der Waals surface area contributed by atoms with Crippen molar-refractivity contribution in [3.63, 3.8) is 0 Å². The molecular formula is C20H27N. The number of hydrogen-bond donors (Lipinski definition) is 1. The second-order valence-corrected chi connectivity index (χ2v) is 7.25. The average molecular weight is 281 g/mol. The summed E-state index contributed by atoms with van der Waals surface area (Å²) in [6.45, 7) is 10.3. The van der Waals surface area contributed by atoms with Crippen molar-refractivity contribution in [3.8, 4) is 0 Å². The van der Waals surface area contributed by atoms with Crippen molar-refractivity contribution >= 4 is 10.8 Å². The maximum atomic E-state index is 3.81. The topological polar surface area (TPSA) is 12.0 Å². The van der Waals surface area contributed by atoms with E-state index in [-0.39, 0.29) is 0 Å². The van der Waals surface area contributed by atoms with E-state index in [1.807, 2.05) is 0 Å². The van der Waals surface area contributed by atoms with Gasteiger partial charge in [-0.05, 0) is 59.5 Å². The van der Waals surface area contributed by atoms with E-state index in [1.54, 1.807) is 0 Å². The molecule has 1 aliphatic rings. The Kier molecular flexibility index (Phi) is 3.79. The second-order valence-electron chi connectivity index (χ2n) is 7.25. The lowest BCUT2D eigenvalue weighted by atomic mass is 9.91. The summed E-state index contributed by atoms with van der Waals surface area (Å²) >= 11 is 0. The molecule has 1 N–H and O–H groups in total. The summed E-state index contributed by atoms with van der Waals surface area (Å²) in [6.07, 6.45) is 2.52. The predicted molar refractivity (Wildman–Crippen MR) is 91.6 cm³/mol. The fraction of sp³-hybridized carbons (Fsp3) is 0.500. The highest BCUT2D eigenvalue weighted by atomic mass is 14.9. The van der Waals surface area contributed by atoms with Gasteiger partial charge in [-0.25, -0.2) is 0 Å². The van der Waals surface area contributed by atoms with Crippen LogP contribution in [0.5, 0.6) is 0 Å². The zero-order valence-corrected chi connectivity index (χ0v) is 13.7. The van der Waals surface area contributed by atoms with E-state index < -0.39 is 0 Å². The molecule has 0 aromatic heterocycles. The highest BCUT2D eigenvalue weighted by Crippen LogP contribution is 2.58. The van der Waals surface area contributed by atoms with E-state index in [0.29, 0.717) is 11.5 Å². The maximum Gasteiger partial charge on any atom is 0.0360 e. The van der Waals surface area contributed by atoms with Crippen LogP contribution in [0.4, 0.5) is 0 Å². The Bertz CT molecular complexity index is 641. The van der Waals surface area contributed by atoms with Crippen LogP contribution in [0.15, 0.2) is 36.4 Å². The summed E-state index contributed by atoms with van der Waals surface area (Å²) in [5, 5.41) is 6.64. The molecule has 0 heterocycles. The summed E-state index contributed by atoms with van der Waals surface area (Å²) in [5.74, 6) is 0.759. The lowest BCUT2D eigenvalue weighted by Crippen LogP contribution is -2.25. The van der Waals surface area contributed by atoms with Crippen molar-refractivity contribution in [2.45, 2.75) is 46.6 Å². The van der Waals surface area contributed by atoms with Crippen LogP contribution in [0.25, 0.3) is 10.8 Å². The average Bonchev–Trinajstić information content (AvgIpc) is 3.10. The minimum absolute atomic E-state index is 0.484. The fourth-order valence-electron chi connectivity index (χ4n) is 3.59. The molecular weight excluding hydrogens is 254 g/mol. The van der Waals surface area contributed by atoms with Gasteiger partial charge in [-0.15, -0.1) is 0 Å². The molecule has 112 valence electrons. The Hall–Kier alpha value is -1.34. The van der Waals surface area contributed by atoms with Gasteiger partial charge in [-0.3, -0.25) is 0 Å². The maximum absolute atomic E-state index is 3.81. The van der Waals surface area contributed by atoms with E-state index in [9.17, 15) is 0 Å². The molecule has 1 aliphatic carbocycles. The van der Waals surface area contributed by atoms with Crippen molar-refractivity contribution in [1.29, 1.82) is 0 Å². The minimum atomic E-state index is 0.484. The second kappa shape index (κ2) is 5.46. The van der Waals surface area contributed by atoms with Crippen molar-refractivity contribution in [1.82, 2.24) is 5.32 Å². The predicted octanol–water partition coefficient (Wildman–Crippen LogP) is 5.24. The third-order valence-corrected chi connectivity index (χ3v) is 5.12. The van der Waals surface area contributed by atoms with Gasteiger partial charge < -0.3 is 5.32 Å². The van der Waals surface area contributed by atoms with Crippen molar-refractivity contribution in [3.05, 3.63) is 47.5 Å². The Morgan fingerprint density at radius 3 is 2.43 bits per heavy atom. The molecule has 0 saturated heterocycles. The van der Waals surface area contributed by atoms with E-state index in [4.69, 9.17) is 0 Å². The first-order valence-electron chi connectivity index (χ1n) is 8.26. The van der Waals surface area contributed by atoms with Crippen LogP contribution in [0.3, 0.4) is 0 Å². The molecule has 0 bridgehead atoms. The first-order valence-corrected chi connectivity index (χ1v) is 8.26. The number of fused-ring (bicyclic) bond motifs is 1. The lowest BCUT2D eigenvalue weighted by Gasteiger charge is -2.23. The van der Waals surface area contributed by atoms with Crippen LogP contribution in [-0.4, -0.2) is 6.54 Å². The molecule has 2 unspecified atom stereocenters. The molecule has 0 radical (unpaired) electrons. The first-order chi connectivity index (χ1) is 10.0. The normalized spacial score (nSPS) is 21.4. The van der Waals surface area contributed by atoms with Crippen LogP contribution in [-0.2, 0) is 0 Å². The Morgan fingerprint density at radius 1 is 1.14 bits per heavy atom. The molecule has 3 rings (SSSR count). The fourth-order valence-corrected chi connectivity index (χ4v) is 3.59. The molecule has 2 atom stereocenters.